The number of allylic oxidation sites excluding steroid dienone is 1. The molecule has 1 aromatic carbocycles. The molecule has 3 aliphatic heterocycles. The Balaban J connectivity index is 1.70. The summed E-state index contributed by atoms with van der Waals surface area (Å²) in [5, 5.41) is 13.6. The number of amides is 3. The SMILES string of the molecule is C=CCCC(=O)OC[C@@H](NC(=O)[C@@H]1[C@H]2C(=O)N([C@@H](CO)CC(C)C)[C@H](C(=O)N(CC=C)C(C)(C)C)[C@]23CC[C@H]1O3)c1ccccc1. The third-order valence-corrected chi connectivity index (χ3v) is 9.49. The topological polar surface area (TPSA) is 125 Å². The van der Waals surface area contributed by atoms with Gasteiger partial charge in [0.2, 0.25) is 17.7 Å². The predicted octanol–water partition coefficient (Wildman–Crippen LogP) is 3.95. The van der Waals surface area contributed by atoms with Crippen molar-refractivity contribution in [3.05, 3.63) is 61.2 Å². The van der Waals surface area contributed by atoms with Crippen molar-refractivity contribution >= 4 is 23.7 Å². The molecule has 0 aliphatic carbocycles. The van der Waals surface area contributed by atoms with E-state index in [0.717, 1.165) is 5.56 Å². The maximum atomic E-state index is 14.6. The van der Waals surface area contributed by atoms with Crippen LogP contribution in [0.2, 0.25) is 0 Å². The number of benzene rings is 1. The molecule has 10 nitrogen and oxygen atoms in total. The lowest BCUT2D eigenvalue weighted by Crippen LogP contribution is -2.61. The molecule has 1 aromatic rings. The number of aliphatic hydroxyl groups excluding tert-OH is 1. The second-order valence-electron chi connectivity index (χ2n) is 14.2. The van der Waals surface area contributed by atoms with Crippen molar-refractivity contribution in [1.82, 2.24) is 15.1 Å². The van der Waals surface area contributed by atoms with Gasteiger partial charge in [0.15, 0.2) is 0 Å². The van der Waals surface area contributed by atoms with E-state index in [1.807, 2.05) is 65.0 Å². The second kappa shape index (κ2) is 14.5. The number of likely N-dealkylation sites (tertiary alicyclic amines) is 1. The van der Waals surface area contributed by atoms with Crippen molar-refractivity contribution in [3.63, 3.8) is 0 Å². The Morgan fingerprint density at radius 1 is 1.20 bits per heavy atom. The molecule has 4 rings (SSSR count). The van der Waals surface area contributed by atoms with Crippen LogP contribution in [-0.2, 0) is 28.7 Å². The first-order valence-electron chi connectivity index (χ1n) is 16.5. The Labute approximate surface area is 273 Å². The van der Waals surface area contributed by atoms with Crippen LogP contribution in [0.15, 0.2) is 55.6 Å². The minimum atomic E-state index is -1.21. The molecule has 3 aliphatic rings. The smallest absolute Gasteiger partial charge is 0.306 e. The van der Waals surface area contributed by atoms with Gasteiger partial charge in [-0.3, -0.25) is 19.2 Å². The number of aliphatic hydroxyl groups is 1. The summed E-state index contributed by atoms with van der Waals surface area (Å²) in [5.74, 6) is -3.03. The van der Waals surface area contributed by atoms with Crippen molar-refractivity contribution in [2.75, 3.05) is 19.8 Å². The maximum absolute atomic E-state index is 14.6. The van der Waals surface area contributed by atoms with Crippen molar-refractivity contribution < 1.29 is 33.8 Å². The minimum Gasteiger partial charge on any atom is -0.463 e. The molecule has 0 saturated carbocycles. The van der Waals surface area contributed by atoms with Crippen LogP contribution in [0.5, 0.6) is 0 Å². The Hall–Kier alpha value is -3.50. The number of carbonyl (C=O) groups excluding carboxylic acids is 4. The molecule has 252 valence electrons. The third kappa shape index (κ3) is 6.93. The van der Waals surface area contributed by atoms with Crippen LogP contribution in [0.1, 0.15) is 78.3 Å². The highest BCUT2D eigenvalue weighted by atomic mass is 16.5. The number of esters is 1. The van der Waals surface area contributed by atoms with Crippen molar-refractivity contribution in [2.45, 2.75) is 102 Å². The van der Waals surface area contributed by atoms with Crippen LogP contribution < -0.4 is 5.32 Å². The maximum Gasteiger partial charge on any atom is 0.306 e. The monoisotopic (exact) mass is 637 g/mol. The largest absolute Gasteiger partial charge is 0.463 e. The Morgan fingerprint density at radius 3 is 2.48 bits per heavy atom. The molecule has 0 aromatic heterocycles. The number of fused-ring (bicyclic) bond motifs is 1. The summed E-state index contributed by atoms with van der Waals surface area (Å²) >= 11 is 0. The standard InChI is InChI=1S/C36H51N3O7/c1-8-10-16-28(41)45-22-26(24-14-12-11-13-15-24)37-32(42)29-27-17-18-36(46-27)30(29)33(43)39(25(21-40)20-23(3)4)31(36)34(44)38(19-9-2)35(5,6)7/h8-9,11-15,23,25-27,29-31,40H,1-2,10,16-22H2,3-7H3,(H,37,42)/t25-,26-,27-,29+,30+,31-,36+/m1/s1. The van der Waals surface area contributed by atoms with Crippen LogP contribution >= 0.6 is 0 Å². The van der Waals surface area contributed by atoms with Gasteiger partial charge >= 0.3 is 5.97 Å². The zero-order valence-electron chi connectivity index (χ0n) is 27.9. The van der Waals surface area contributed by atoms with Crippen molar-refractivity contribution in [2.24, 2.45) is 17.8 Å². The van der Waals surface area contributed by atoms with E-state index in [0.29, 0.717) is 25.7 Å². The van der Waals surface area contributed by atoms with Crippen LogP contribution in [0.4, 0.5) is 0 Å². The average molecular weight is 638 g/mol. The van der Waals surface area contributed by atoms with E-state index in [2.05, 4.69) is 18.5 Å². The molecule has 3 amide bonds. The van der Waals surface area contributed by atoms with Gasteiger partial charge in [-0.2, -0.15) is 0 Å². The molecule has 10 heteroatoms. The first-order chi connectivity index (χ1) is 21.8. The average Bonchev–Trinajstić information content (AvgIpc) is 3.66. The molecular formula is C36H51N3O7. The molecule has 46 heavy (non-hydrogen) atoms. The first kappa shape index (κ1) is 35.4. The molecule has 7 atom stereocenters. The summed E-state index contributed by atoms with van der Waals surface area (Å²) in [6.07, 6.45) is 4.85. The molecule has 3 fully saturated rings. The number of nitrogens with zero attached hydrogens (tertiary/aromatic N) is 2. The van der Waals surface area contributed by atoms with Gasteiger partial charge in [0.1, 0.15) is 18.2 Å². The van der Waals surface area contributed by atoms with Gasteiger partial charge in [-0.15, -0.1) is 13.2 Å². The van der Waals surface area contributed by atoms with Gasteiger partial charge in [-0.05, 0) is 57.9 Å². The highest BCUT2D eigenvalue weighted by molar-refractivity contribution is 5.99. The highest BCUT2D eigenvalue weighted by Crippen LogP contribution is 2.59. The van der Waals surface area contributed by atoms with Crippen molar-refractivity contribution in [3.8, 4) is 0 Å². The van der Waals surface area contributed by atoms with E-state index in [1.54, 1.807) is 17.1 Å². The second-order valence-corrected chi connectivity index (χ2v) is 14.2. The summed E-state index contributed by atoms with van der Waals surface area (Å²) in [6, 6.07) is 6.95. The molecule has 1 spiro atoms. The van der Waals surface area contributed by atoms with E-state index in [1.165, 1.54) is 4.90 Å². The molecule has 3 saturated heterocycles. The number of nitrogens with one attached hydrogen (secondary N) is 1. The van der Waals surface area contributed by atoms with Gasteiger partial charge in [0.25, 0.3) is 0 Å². The summed E-state index contributed by atoms with van der Waals surface area (Å²) < 4.78 is 12.2. The van der Waals surface area contributed by atoms with E-state index in [-0.39, 0.29) is 43.9 Å². The summed E-state index contributed by atoms with van der Waals surface area (Å²) in [4.78, 5) is 59.0. The van der Waals surface area contributed by atoms with Gasteiger partial charge in [-0.1, -0.05) is 56.3 Å². The lowest BCUT2D eigenvalue weighted by molar-refractivity contribution is -0.154. The summed E-state index contributed by atoms with van der Waals surface area (Å²) in [5.41, 5.74) is -1.04. The molecule has 3 heterocycles. The van der Waals surface area contributed by atoms with Crippen LogP contribution in [0.3, 0.4) is 0 Å². The highest BCUT2D eigenvalue weighted by Gasteiger charge is 2.75. The van der Waals surface area contributed by atoms with Gasteiger partial charge in [0.05, 0.1) is 36.6 Å². The first-order valence-corrected chi connectivity index (χ1v) is 16.5. The molecular weight excluding hydrogens is 586 g/mol. The number of rotatable bonds is 15. The quantitative estimate of drug-likeness (QED) is 0.220. The lowest BCUT2D eigenvalue weighted by Gasteiger charge is -2.43. The Morgan fingerprint density at radius 2 is 1.89 bits per heavy atom. The van der Waals surface area contributed by atoms with E-state index in [9.17, 15) is 24.3 Å². The fraction of sp³-hybridized carbons (Fsp3) is 0.611. The minimum absolute atomic E-state index is 0.0793. The van der Waals surface area contributed by atoms with E-state index >= 15 is 0 Å². The number of ether oxygens (including phenoxy) is 2. The normalized spacial score (nSPS) is 26.4. The van der Waals surface area contributed by atoms with Crippen LogP contribution in [0.25, 0.3) is 0 Å². The third-order valence-electron chi connectivity index (χ3n) is 9.49. The van der Waals surface area contributed by atoms with Crippen LogP contribution in [0, 0.1) is 17.8 Å². The van der Waals surface area contributed by atoms with Gasteiger partial charge < -0.3 is 29.7 Å². The summed E-state index contributed by atoms with van der Waals surface area (Å²) in [6.45, 7) is 17.2. The van der Waals surface area contributed by atoms with Crippen molar-refractivity contribution in [1.29, 1.82) is 0 Å². The predicted molar refractivity (Wildman–Crippen MR) is 174 cm³/mol. The molecule has 0 radical (unpaired) electrons. The van der Waals surface area contributed by atoms with Crippen LogP contribution in [-0.4, -0.2) is 87.7 Å². The number of carbonyl (C=O) groups is 4. The zero-order valence-corrected chi connectivity index (χ0v) is 27.9. The fourth-order valence-corrected chi connectivity index (χ4v) is 7.50. The molecule has 2 N–H and O–H groups in total. The van der Waals surface area contributed by atoms with E-state index in [4.69, 9.17) is 9.47 Å². The Kier molecular flexibility index (Phi) is 11.2. The molecule has 0 unspecified atom stereocenters. The van der Waals surface area contributed by atoms with Gasteiger partial charge in [0, 0.05) is 18.5 Å². The lowest BCUT2D eigenvalue weighted by atomic mass is 9.70. The van der Waals surface area contributed by atoms with E-state index < -0.39 is 59.1 Å². The zero-order chi connectivity index (χ0) is 33.8. The fourth-order valence-electron chi connectivity index (χ4n) is 7.50. The van der Waals surface area contributed by atoms with Gasteiger partial charge in [-0.25, -0.2) is 0 Å². The molecule has 2 bridgehead atoms. The number of hydrogen-bond acceptors (Lipinski definition) is 7. The Bertz CT molecular complexity index is 1290. The summed E-state index contributed by atoms with van der Waals surface area (Å²) in [7, 11) is 0. The number of hydrogen-bond donors (Lipinski definition) is 2.